The molecule has 0 aliphatic carbocycles. The highest BCUT2D eigenvalue weighted by atomic mass is 14.7. The lowest BCUT2D eigenvalue weighted by Crippen LogP contribution is -1.87. The number of para-hydroxylation sites is 1. The van der Waals surface area contributed by atoms with E-state index in [4.69, 9.17) is 9.97 Å². The maximum atomic E-state index is 4.82. The van der Waals surface area contributed by atoms with E-state index in [0.29, 0.717) is 0 Å². The second-order valence-electron chi connectivity index (χ2n) is 6.06. The quantitative estimate of drug-likeness (QED) is 0.282. The average Bonchev–Trinajstić information content (AvgIpc) is 2.58. The maximum absolute atomic E-state index is 4.82. The largest absolute Gasteiger partial charge is 0.248 e. The second-order valence-corrected chi connectivity index (χ2v) is 6.06. The fourth-order valence-corrected chi connectivity index (χ4v) is 3.29. The average molecular weight is 294 g/mol. The lowest BCUT2D eigenvalue weighted by Gasteiger charge is -2.07. The molecule has 3 aromatic carbocycles. The van der Waals surface area contributed by atoms with Crippen LogP contribution < -0.4 is 0 Å². The van der Waals surface area contributed by atoms with Gasteiger partial charge in [0.25, 0.3) is 0 Å². The predicted octanol–water partition coefficient (Wildman–Crippen LogP) is 5.40. The van der Waals surface area contributed by atoms with Gasteiger partial charge < -0.3 is 0 Å². The molecule has 0 N–H and O–H groups in total. The summed E-state index contributed by atoms with van der Waals surface area (Å²) in [6.45, 7) is 2.11. The van der Waals surface area contributed by atoms with Crippen molar-refractivity contribution in [3.05, 3.63) is 72.3 Å². The van der Waals surface area contributed by atoms with Gasteiger partial charge in [0.15, 0.2) is 0 Å². The number of hydrogen-bond donors (Lipinski definition) is 0. The fraction of sp³-hybridized carbons (Fsp3) is 0.0476. The molecular weight excluding hydrogens is 280 g/mol. The van der Waals surface area contributed by atoms with Crippen molar-refractivity contribution in [2.75, 3.05) is 0 Å². The molecule has 0 aliphatic rings. The standard InChI is InChI=1S/C21H14N2/c1-13-6-7-19-15(10-13)12-17-16-11-14-4-2-3-5-18(14)22-20(16)8-9-21(17)23-19/h2-12H,1H3. The zero-order valence-corrected chi connectivity index (χ0v) is 12.7. The number of rotatable bonds is 0. The van der Waals surface area contributed by atoms with E-state index in [0.717, 1.165) is 32.8 Å². The van der Waals surface area contributed by atoms with Crippen LogP contribution in [-0.2, 0) is 0 Å². The molecule has 0 atom stereocenters. The third-order valence-corrected chi connectivity index (χ3v) is 4.44. The molecule has 0 bridgehead atoms. The number of benzene rings is 3. The van der Waals surface area contributed by atoms with Crippen LogP contribution in [0.25, 0.3) is 43.6 Å². The van der Waals surface area contributed by atoms with Gasteiger partial charge in [-0.2, -0.15) is 0 Å². The molecule has 0 aliphatic heterocycles. The van der Waals surface area contributed by atoms with E-state index in [-0.39, 0.29) is 0 Å². The fourth-order valence-electron chi connectivity index (χ4n) is 3.29. The highest BCUT2D eigenvalue weighted by molar-refractivity contribution is 6.11. The predicted molar refractivity (Wildman–Crippen MR) is 96.8 cm³/mol. The van der Waals surface area contributed by atoms with E-state index in [1.54, 1.807) is 0 Å². The number of aromatic nitrogens is 2. The summed E-state index contributed by atoms with van der Waals surface area (Å²) in [6.07, 6.45) is 0. The molecule has 0 unspecified atom stereocenters. The lowest BCUT2D eigenvalue weighted by molar-refractivity contribution is 1.45. The van der Waals surface area contributed by atoms with Gasteiger partial charge in [-0.25, -0.2) is 9.97 Å². The molecule has 5 aromatic rings. The van der Waals surface area contributed by atoms with Crippen LogP contribution in [-0.4, -0.2) is 9.97 Å². The summed E-state index contributed by atoms with van der Waals surface area (Å²) in [5.74, 6) is 0. The van der Waals surface area contributed by atoms with Crippen LogP contribution >= 0.6 is 0 Å². The Morgan fingerprint density at radius 3 is 1.96 bits per heavy atom. The molecule has 5 rings (SSSR count). The van der Waals surface area contributed by atoms with Gasteiger partial charge in [0.05, 0.1) is 22.1 Å². The van der Waals surface area contributed by atoms with Crippen LogP contribution in [0.5, 0.6) is 0 Å². The van der Waals surface area contributed by atoms with Crippen molar-refractivity contribution < 1.29 is 0 Å². The Kier molecular flexibility index (Phi) is 2.45. The monoisotopic (exact) mass is 294 g/mol. The molecule has 0 amide bonds. The minimum Gasteiger partial charge on any atom is -0.248 e. The zero-order chi connectivity index (χ0) is 15.4. The smallest absolute Gasteiger partial charge is 0.0717 e. The lowest BCUT2D eigenvalue weighted by atomic mass is 10.0. The van der Waals surface area contributed by atoms with E-state index in [9.17, 15) is 0 Å². The third kappa shape index (κ3) is 1.88. The van der Waals surface area contributed by atoms with Crippen molar-refractivity contribution in [1.29, 1.82) is 0 Å². The first-order chi connectivity index (χ1) is 11.3. The summed E-state index contributed by atoms with van der Waals surface area (Å²) >= 11 is 0. The Morgan fingerprint density at radius 2 is 1.17 bits per heavy atom. The van der Waals surface area contributed by atoms with Gasteiger partial charge in [-0.3, -0.25) is 0 Å². The van der Waals surface area contributed by atoms with Crippen molar-refractivity contribution in [3.8, 4) is 0 Å². The number of pyridine rings is 2. The highest BCUT2D eigenvalue weighted by Crippen LogP contribution is 2.29. The first kappa shape index (κ1) is 12.5. The molecule has 0 saturated heterocycles. The Hall–Kier alpha value is -3.00. The van der Waals surface area contributed by atoms with Crippen LogP contribution in [0.1, 0.15) is 5.56 Å². The Morgan fingerprint density at radius 1 is 0.565 bits per heavy atom. The second kappa shape index (κ2) is 4.50. The summed E-state index contributed by atoms with van der Waals surface area (Å²) in [5, 5.41) is 4.67. The third-order valence-electron chi connectivity index (χ3n) is 4.44. The van der Waals surface area contributed by atoms with Gasteiger partial charge in [-0.15, -0.1) is 0 Å². The summed E-state index contributed by atoms with van der Waals surface area (Å²) in [4.78, 5) is 9.62. The van der Waals surface area contributed by atoms with E-state index in [1.165, 1.54) is 16.3 Å². The van der Waals surface area contributed by atoms with Crippen LogP contribution in [0.2, 0.25) is 0 Å². The first-order valence-corrected chi connectivity index (χ1v) is 7.78. The van der Waals surface area contributed by atoms with Crippen molar-refractivity contribution in [1.82, 2.24) is 9.97 Å². The first-order valence-electron chi connectivity index (χ1n) is 7.78. The molecule has 2 heteroatoms. The van der Waals surface area contributed by atoms with Gasteiger partial charge in [0.1, 0.15) is 0 Å². The Balaban J connectivity index is 1.98. The molecule has 23 heavy (non-hydrogen) atoms. The van der Waals surface area contributed by atoms with E-state index in [2.05, 4.69) is 67.6 Å². The molecule has 0 radical (unpaired) electrons. The van der Waals surface area contributed by atoms with Gasteiger partial charge in [0.2, 0.25) is 0 Å². The number of aryl methyl sites for hydroxylation is 1. The molecule has 2 heterocycles. The van der Waals surface area contributed by atoms with E-state index < -0.39 is 0 Å². The van der Waals surface area contributed by atoms with Crippen LogP contribution in [0, 0.1) is 6.92 Å². The number of nitrogens with zero attached hydrogens (tertiary/aromatic N) is 2. The summed E-state index contributed by atoms with van der Waals surface area (Å²) in [6, 6.07) is 23.2. The summed E-state index contributed by atoms with van der Waals surface area (Å²) in [7, 11) is 0. The molecule has 0 saturated carbocycles. The minimum atomic E-state index is 1.02. The highest BCUT2D eigenvalue weighted by Gasteiger charge is 2.07. The van der Waals surface area contributed by atoms with Crippen LogP contribution in [0.3, 0.4) is 0 Å². The van der Waals surface area contributed by atoms with Crippen LogP contribution in [0.15, 0.2) is 66.7 Å². The van der Waals surface area contributed by atoms with Crippen molar-refractivity contribution in [2.24, 2.45) is 0 Å². The van der Waals surface area contributed by atoms with Gasteiger partial charge in [0, 0.05) is 21.5 Å². The van der Waals surface area contributed by atoms with Gasteiger partial charge >= 0.3 is 0 Å². The minimum absolute atomic E-state index is 1.02. The zero-order valence-electron chi connectivity index (χ0n) is 12.7. The maximum Gasteiger partial charge on any atom is 0.0717 e. The van der Waals surface area contributed by atoms with Gasteiger partial charge in [-0.05, 0) is 49.4 Å². The van der Waals surface area contributed by atoms with E-state index in [1.807, 2.05) is 6.07 Å². The number of fused-ring (bicyclic) bond motifs is 5. The van der Waals surface area contributed by atoms with E-state index >= 15 is 0 Å². The molecule has 108 valence electrons. The molecule has 0 spiro atoms. The van der Waals surface area contributed by atoms with Crippen molar-refractivity contribution in [3.63, 3.8) is 0 Å². The summed E-state index contributed by atoms with van der Waals surface area (Å²) in [5.41, 5.74) is 5.36. The Labute approximate surface area is 133 Å². The molecule has 0 fully saturated rings. The molecule has 2 nitrogen and oxygen atoms in total. The number of hydrogen-bond acceptors (Lipinski definition) is 2. The SMILES string of the molecule is Cc1ccc2nc3ccc4nc5ccccc5cc4c3cc2c1. The molecule has 2 aromatic heterocycles. The molecular formula is C21H14N2. The van der Waals surface area contributed by atoms with Gasteiger partial charge in [-0.1, -0.05) is 29.8 Å². The van der Waals surface area contributed by atoms with Crippen molar-refractivity contribution >= 4 is 43.6 Å². The normalized spacial score (nSPS) is 11.7. The van der Waals surface area contributed by atoms with Crippen molar-refractivity contribution in [2.45, 2.75) is 6.92 Å². The van der Waals surface area contributed by atoms with Crippen LogP contribution in [0.4, 0.5) is 0 Å². The topological polar surface area (TPSA) is 25.8 Å². The Bertz CT molecular complexity index is 1220. The summed E-state index contributed by atoms with van der Waals surface area (Å²) < 4.78 is 0.